The van der Waals surface area contributed by atoms with Crippen LogP contribution in [0.4, 0.5) is 0 Å². The number of carbonyl (C=O) groups is 1. The zero-order valence-electron chi connectivity index (χ0n) is 15.1. The molecule has 1 aliphatic heterocycles. The molecule has 0 aliphatic carbocycles. The second-order valence-electron chi connectivity index (χ2n) is 6.44. The van der Waals surface area contributed by atoms with E-state index in [0.717, 1.165) is 0 Å². The fraction of sp³-hybridized carbons (Fsp3) is 0.500. The molecule has 0 bridgehead atoms. The monoisotopic (exact) mass is 394 g/mol. The molecule has 0 saturated carbocycles. The second-order valence-corrected chi connectivity index (χ2v) is 8.42. The van der Waals surface area contributed by atoms with Gasteiger partial charge in [-0.25, -0.2) is 12.7 Å². The van der Waals surface area contributed by atoms with Gasteiger partial charge in [-0.3, -0.25) is 4.79 Å². The van der Waals surface area contributed by atoms with Crippen LogP contribution in [0.5, 0.6) is 5.75 Å². The predicted octanol–water partition coefficient (Wildman–Crippen LogP) is 0.493. The lowest BCUT2D eigenvalue weighted by Crippen LogP contribution is -2.41. The molecule has 1 aromatic heterocycles. The Bertz CT molecular complexity index is 878. The molecule has 27 heavy (non-hydrogen) atoms. The summed E-state index contributed by atoms with van der Waals surface area (Å²) < 4.78 is 30.7. The number of carbonyl (C=O) groups excluding carboxylic acids is 1. The molecule has 0 spiro atoms. The summed E-state index contributed by atoms with van der Waals surface area (Å²) in [7, 11) is -3.18. The average molecular weight is 394 g/mol. The van der Waals surface area contributed by atoms with Crippen LogP contribution in [-0.4, -0.2) is 64.7 Å². The molecule has 1 aliphatic rings. The third-order valence-corrected chi connectivity index (χ3v) is 5.70. The first-order valence-electron chi connectivity index (χ1n) is 8.59. The number of H-pyrrole nitrogens is 1. The number of hydrogen-bond donors (Lipinski definition) is 2. The van der Waals surface area contributed by atoms with Gasteiger partial charge in [-0.1, -0.05) is 17.3 Å². The highest BCUT2D eigenvalue weighted by Crippen LogP contribution is 2.24. The van der Waals surface area contributed by atoms with Crippen molar-refractivity contribution in [3.05, 3.63) is 35.7 Å². The number of piperidine rings is 1. The number of benzene rings is 1. The van der Waals surface area contributed by atoms with E-state index in [4.69, 9.17) is 4.74 Å². The molecule has 2 N–H and O–H groups in total. The molecule has 146 valence electrons. The molecule has 1 amide bonds. The molecule has 1 fully saturated rings. The third kappa shape index (κ3) is 4.80. The highest BCUT2D eigenvalue weighted by atomic mass is 32.2. The maximum absolute atomic E-state index is 12.6. The first-order chi connectivity index (χ1) is 12.8. The molecule has 3 rings (SSSR count). The van der Waals surface area contributed by atoms with Crippen LogP contribution in [0.1, 0.15) is 42.0 Å². The van der Waals surface area contributed by atoms with Crippen LogP contribution in [-0.2, 0) is 10.0 Å². The highest BCUT2D eigenvalue weighted by Gasteiger charge is 2.27. The molecule has 11 heteroatoms. The summed E-state index contributed by atoms with van der Waals surface area (Å²) in [5.74, 6) is 0.541. The Balaban J connectivity index is 1.65. The first kappa shape index (κ1) is 19.2. The van der Waals surface area contributed by atoms with E-state index in [9.17, 15) is 13.2 Å². The van der Waals surface area contributed by atoms with Gasteiger partial charge in [-0.05, 0) is 31.9 Å². The van der Waals surface area contributed by atoms with Crippen molar-refractivity contribution in [3.63, 3.8) is 0 Å². The maximum Gasteiger partial charge on any atom is 0.255 e. The molecule has 0 radical (unpaired) electrons. The van der Waals surface area contributed by atoms with Crippen LogP contribution >= 0.6 is 0 Å². The van der Waals surface area contributed by atoms with E-state index >= 15 is 0 Å². The Morgan fingerprint density at radius 2 is 2.04 bits per heavy atom. The van der Waals surface area contributed by atoms with Gasteiger partial charge in [-0.15, -0.1) is 10.2 Å². The summed E-state index contributed by atoms with van der Waals surface area (Å²) in [5, 5.41) is 16.4. The van der Waals surface area contributed by atoms with E-state index in [0.29, 0.717) is 43.1 Å². The lowest BCUT2D eigenvalue weighted by molar-refractivity contribution is 0.0923. The number of nitrogens with zero attached hydrogens (tertiary/aromatic N) is 4. The molecule has 1 aromatic carbocycles. The number of ether oxygens (including phenoxy) is 1. The SMILES string of the molecule is C[C@@H](NC(=O)c1ccccc1OC1CCN(S(C)(=O)=O)CC1)c1nn[nH]n1. The third-order valence-electron chi connectivity index (χ3n) is 4.39. The summed E-state index contributed by atoms with van der Waals surface area (Å²) in [6, 6.07) is 6.55. The minimum Gasteiger partial charge on any atom is -0.489 e. The number of para-hydroxylation sites is 1. The minimum atomic E-state index is -3.18. The van der Waals surface area contributed by atoms with E-state index in [1.54, 1.807) is 31.2 Å². The highest BCUT2D eigenvalue weighted by molar-refractivity contribution is 7.88. The predicted molar refractivity (Wildman–Crippen MR) is 96.6 cm³/mol. The van der Waals surface area contributed by atoms with E-state index in [1.165, 1.54) is 10.6 Å². The number of aromatic nitrogens is 4. The van der Waals surface area contributed by atoms with Gasteiger partial charge in [-0.2, -0.15) is 5.21 Å². The number of rotatable bonds is 6. The second kappa shape index (κ2) is 8.01. The molecule has 0 unspecified atom stereocenters. The van der Waals surface area contributed by atoms with Crippen molar-refractivity contribution in [2.45, 2.75) is 31.9 Å². The Kier molecular flexibility index (Phi) is 5.71. The van der Waals surface area contributed by atoms with Crippen LogP contribution in [0.25, 0.3) is 0 Å². The average Bonchev–Trinajstić information content (AvgIpc) is 3.16. The van der Waals surface area contributed by atoms with E-state index < -0.39 is 16.1 Å². The van der Waals surface area contributed by atoms with Gasteiger partial charge in [0.25, 0.3) is 5.91 Å². The fourth-order valence-electron chi connectivity index (χ4n) is 2.91. The molecule has 1 atom stereocenters. The number of nitrogens with one attached hydrogen (secondary N) is 2. The molecule has 2 heterocycles. The van der Waals surface area contributed by atoms with Crippen molar-refractivity contribution < 1.29 is 17.9 Å². The summed E-state index contributed by atoms with van der Waals surface area (Å²) in [6.07, 6.45) is 2.20. The molecular formula is C16H22N6O4S. The zero-order valence-corrected chi connectivity index (χ0v) is 15.9. The molecule has 1 saturated heterocycles. The lowest BCUT2D eigenvalue weighted by Gasteiger charge is -2.30. The first-order valence-corrected chi connectivity index (χ1v) is 10.4. The standard InChI is InChI=1S/C16H22N6O4S/c1-11(15-18-20-21-19-15)17-16(23)13-5-3-4-6-14(13)26-12-7-9-22(10-8-12)27(2,24)25/h3-6,11-12H,7-10H2,1-2H3,(H,17,23)(H,18,19,20,21)/t11-/m1/s1. The molecule has 10 nitrogen and oxygen atoms in total. The van der Waals surface area contributed by atoms with E-state index in [1.807, 2.05) is 0 Å². The summed E-state index contributed by atoms with van der Waals surface area (Å²) in [4.78, 5) is 12.6. The lowest BCUT2D eigenvalue weighted by atomic mass is 10.1. The van der Waals surface area contributed by atoms with Crippen LogP contribution in [0, 0.1) is 0 Å². The van der Waals surface area contributed by atoms with Gasteiger partial charge in [0.05, 0.1) is 17.9 Å². The molecular weight excluding hydrogens is 372 g/mol. The Morgan fingerprint density at radius 1 is 1.33 bits per heavy atom. The number of aromatic amines is 1. The normalized spacial score (nSPS) is 17.4. The van der Waals surface area contributed by atoms with Gasteiger partial charge in [0, 0.05) is 13.1 Å². The number of hydrogen-bond acceptors (Lipinski definition) is 7. The summed E-state index contributed by atoms with van der Waals surface area (Å²) in [6.45, 7) is 2.58. The summed E-state index contributed by atoms with van der Waals surface area (Å²) >= 11 is 0. The minimum absolute atomic E-state index is 0.147. The van der Waals surface area contributed by atoms with Gasteiger partial charge >= 0.3 is 0 Å². The van der Waals surface area contributed by atoms with Gasteiger partial charge in [0.2, 0.25) is 10.0 Å². The number of sulfonamides is 1. The van der Waals surface area contributed by atoms with E-state index in [-0.39, 0.29) is 12.0 Å². The Labute approximate surface area is 157 Å². The maximum atomic E-state index is 12.6. The van der Waals surface area contributed by atoms with Gasteiger partial charge in [0.15, 0.2) is 5.82 Å². The van der Waals surface area contributed by atoms with E-state index in [2.05, 4.69) is 25.9 Å². The smallest absolute Gasteiger partial charge is 0.255 e. The molecule has 2 aromatic rings. The van der Waals surface area contributed by atoms with Crippen LogP contribution in [0.2, 0.25) is 0 Å². The quantitative estimate of drug-likeness (QED) is 0.729. The van der Waals surface area contributed by atoms with Crippen molar-refractivity contribution in [1.29, 1.82) is 0 Å². The van der Waals surface area contributed by atoms with Gasteiger partial charge in [0.1, 0.15) is 11.9 Å². The fourth-order valence-corrected chi connectivity index (χ4v) is 3.78. The van der Waals surface area contributed by atoms with Crippen molar-refractivity contribution >= 4 is 15.9 Å². The van der Waals surface area contributed by atoms with Crippen molar-refractivity contribution in [3.8, 4) is 5.75 Å². The van der Waals surface area contributed by atoms with Gasteiger partial charge < -0.3 is 10.1 Å². The number of amides is 1. The number of tetrazole rings is 1. The topological polar surface area (TPSA) is 130 Å². The van der Waals surface area contributed by atoms with Crippen LogP contribution in [0.3, 0.4) is 0 Å². The van der Waals surface area contributed by atoms with Crippen molar-refractivity contribution in [2.75, 3.05) is 19.3 Å². The van der Waals surface area contributed by atoms with Crippen molar-refractivity contribution in [2.24, 2.45) is 0 Å². The van der Waals surface area contributed by atoms with Crippen molar-refractivity contribution in [1.82, 2.24) is 30.2 Å². The summed E-state index contributed by atoms with van der Waals surface area (Å²) in [5.41, 5.74) is 0.401. The van der Waals surface area contributed by atoms with Crippen LogP contribution < -0.4 is 10.1 Å². The largest absolute Gasteiger partial charge is 0.489 e. The Hall–Kier alpha value is -2.53. The zero-order chi connectivity index (χ0) is 19.4. The Morgan fingerprint density at radius 3 is 2.67 bits per heavy atom. The van der Waals surface area contributed by atoms with Crippen LogP contribution in [0.15, 0.2) is 24.3 Å².